The van der Waals surface area contributed by atoms with Crippen molar-refractivity contribution in [1.82, 2.24) is 20.8 Å². The van der Waals surface area contributed by atoms with Crippen molar-refractivity contribution in [1.29, 1.82) is 0 Å². The molecule has 3 N–H and O–H groups in total. The zero-order valence-electron chi connectivity index (χ0n) is 9.21. The maximum atomic E-state index is 11.4. The van der Waals surface area contributed by atoms with Crippen LogP contribution in [0, 0.1) is 0 Å². The van der Waals surface area contributed by atoms with E-state index in [1.54, 1.807) is 12.3 Å². The first-order valence-electron chi connectivity index (χ1n) is 5.20. The van der Waals surface area contributed by atoms with Crippen LogP contribution in [0.15, 0.2) is 12.3 Å². The fourth-order valence-electron chi connectivity index (χ4n) is 1.31. The van der Waals surface area contributed by atoms with Crippen molar-refractivity contribution in [3.8, 4) is 0 Å². The quantitative estimate of drug-likeness (QED) is 0.622. The van der Waals surface area contributed by atoms with Gasteiger partial charge in [0.2, 0.25) is 5.91 Å². The first kappa shape index (κ1) is 11.7. The molecule has 0 unspecified atom stereocenters. The Bertz CT molecular complexity index is 284. The Morgan fingerprint density at radius 1 is 1.67 bits per heavy atom. The van der Waals surface area contributed by atoms with Gasteiger partial charge in [0.05, 0.1) is 6.42 Å². The highest BCUT2D eigenvalue weighted by Crippen LogP contribution is 1.92. The molecular formula is C10H18N4O. The number of nitrogens with zero attached hydrogens (tertiary/aromatic N) is 1. The Balaban J connectivity index is 2.19. The van der Waals surface area contributed by atoms with E-state index in [9.17, 15) is 4.79 Å². The van der Waals surface area contributed by atoms with Gasteiger partial charge in [0.1, 0.15) is 0 Å². The zero-order chi connectivity index (χ0) is 11.1. The predicted molar refractivity (Wildman–Crippen MR) is 58.4 cm³/mol. The molecule has 15 heavy (non-hydrogen) atoms. The molecule has 5 nitrogen and oxygen atoms in total. The van der Waals surface area contributed by atoms with Gasteiger partial charge in [0, 0.05) is 24.5 Å². The van der Waals surface area contributed by atoms with Crippen LogP contribution >= 0.6 is 0 Å². The predicted octanol–water partition coefficient (Wildman–Crippen LogP) is 0.0664. The van der Waals surface area contributed by atoms with Crippen molar-refractivity contribution in [2.45, 2.75) is 26.3 Å². The highest BCUT2D eigenvalue weighted by atomic mass is 16.1. The van der Waals surface area contributed by atoms with Crippen molar-refractivity contribution < 1.29 is 4.79 Å². The van der Waals surface area contributed by atoms with Gasteiger partial charge in [-0.05, 0) is 19.5 Å². The summed E-state index contributed by atoms with van der Waals surface area (Å²) in [6.45, 7) is 5.65. The van der Waals surface area contributed by atoms with Crippen LogP contribution in [0.25, 0.3) is 0 Å². The summed E-state index contributed by atoms with van der Waals surface area (Å²) >= 11 is 0. The second-order valence-corrected chi connectivity index (χ2v) is 3.52. The molecule has 1 rings (SSSR count). The number of hydrogen-bond acceptors (Lipinski definition) is 3. The molecule has 1 heterocycles. The Hall–Kier alpha value is -1.36. The van der Waals surface area contributed by atoms with Crippen molar-refractivity contribution in [2.75, 3.05) is 13.1 Å². The van der Waals surface area contributed by atoms with E-state index in [-0.39, 0.29) is 5.91 Å². The van der Waals surface area contributed by atoms with E-state index >= 15 is 0 Å². The van der Waals surface area contributed by atoms with Crippen LogP contribution in [0.2, 0.25) is 0 Å². The Kier molecular flexibility index (Phi) is 4.83. The van der Waals surface area contributed by atoms with Crippen LogP contribution in [-0.2, 0) is 11.2 Å². The van der Waals surface area contributed by atoms with E-state index in [0.717, 1.165) is 12.2 Å². The molecule has 0 bridgehead atoms. The maximum Gasteiger partial charge on any atom is 0.226 e. The van der Waals surface area contributed by atoms with Crippen molar-refractivity contribution in [3.05, 3.63) is 18.0 Å². The molecule has 1 atom stereocenters. The van der Waals surface area contributed by atoms with Crippen LogP contribution in [0.1, 0.15) is 19.5 Å². The molecule has 0 saturated carbocycles. The van der Waals surface area contributed by atoms with E-state index < -0.39 is 0 Å². The number of carbonyl (C=O) groups is 1. The van der Waals surface area contributed by atoms with Gasteiger partial charge in [-0.25, -0.2) is 0 Å². The molecule has 0 radical (unpaired) electrons. The van der Waals surface area contributed by atoms with Crippen LogP contribution in [0.5, 0.6) is 0 Å². The SMILES string of the molecule is CCN[C@H](C)CNC(=O)Cc1ccn[nH]1. The number of nitrogens with one attached hydrogen (secondary N) is 3. The second kappa shape index (κ2) is 6.19. The van der Waals surface area contributed by atoms with Crippen LogP contribution in [-0.4, -0.2) is 35.2 Å². The molecule has 0 saturated heterocycles. The molecule has 0 aliphatic carbocycles. The minimum atomic E-state index is 0.0176. The minimum absolute atomic E-state index is 0.0176. The topological polar surface area (TPSA) is 69.8 Å². The Labute approximate surface area is 89.6 Å². The highest BCUT2D eigenvalue weighted by molar-refractivity contribution is 5.78. The number of aromatic nitrogens is 2. The average molecular weight is 210 g/mol. The first-order chi connectivity index (χ1) is 7.22. The maximum absolute atomic E-state index is 11.4. The molecule has 0 spiro atoms. The fourth-order valence-corrected chi connectivity index (χ4v) is 1.31. The summed E-state index contributed by atoms with van der Waals surface area (Å²) in [4.78, 5) is 11.4. The van der Waals surface area contributed by atoms with E-state index in [1.165, 1.54) is 0 Å². The lowest BCUT2D eigenvalue weighted by atomic mass is 10.3. The Morgan fingerprint density at radius 3 is 3.07 bits per heavy atom. The van der Waals surface area contributed by atoms with Gasteiger partial charge in [0.15, 0.2) is 0 Å². The smallest absolute Gasteiger partial charge is 0.226 e. The summed E-state index contributed by atoms with van der Waals surface area (Å²) < 4.78 is 0. The van der Waals surface area contributed by atoms with E-state index in [2.05, 4.69) is 20.8 Å². The number of likely N-dealkylation sites (N-methyl/N-ethyl adjacent to an activating group) is 1. The number of rotatable bonds is 6. The normalized spacial score (nSPS) is 12.4. The van der Waals surface area contributed by atoms with Gasteiger partial charge >= 0.3 is 0 Å². The summed E-state index contributed by atoms with van der Waals surface area (Å²) in [5.74, 6) is 0.0176. The zero-order valence-corrected chi connectivity index (χ0v) is 9.21. The molecule has 0 aliphatic rings. The second-order valence-electron chi connectivity index (χ2n) is 3.52. The monoisotopic (exact) mass is 210 g/mol. The van der Waals surface area contributed by atoms with Crippen LogP contribution in [0.4, 0.5) is 0 Å². The molecule has 1 aromatic heterocycles. The lowest BCUT2D eigenvalue weighted by molar-refractivity contribution is -0.120. The summed E-state index contributed by atoms with van der Waals surface area (Å²) in [6, 6.07) is 2.11. The highest BCUT2D eigenvalue weighted by Gasteiger charge is 2.05. The van der Waals surface area contributed by atoms with Gasteiger partial charge in [-0.1, -0.05) is 6.92 Å². The van der Waals surface area contributed by atoms with Gasteiger partial charge in [-0.15, -0.1) is 0 Å². The summed E-state index contributed by atoms with van der Waals surface area (Å²) in [6.07, 6.45) is 2.00. The van der Waals surface area contributed by atoms with Gasteiger partial charge in [0.25, 0.3) is 0 Å². The van der Waals surface area contributed by atoms with E-state index in [4.69, 9.17) is 0 Å². The number of amides is 1. The fraction of sp³-hybridized carbons (Fsp3) is 0.600. The van der Waals surface area contributed by atoms with Crippen LogP contribution in [0.3, 0.4) is 0 Å². The third-order valence-corrected chi connectivity index (χ3v) is 2.07. The molecular weight excluding hydrogens is 192 g/mol. The molecule has 5 heteroatoms. The largest absolute Gasteiger partial charge is 0.354 e. The number of carbonyl (C=O) groups excluding carboxylic acids is 1. The van der Waals surface area contributed by atoms with Crippen LogP contribution < -0.4 is 10.6 Å². The third-order valence-electron chi connectivity index (χ3n) is 2.07. The molecule has 0 aliphatic heterocycles. The average Bonchev–Trinajstić information content (AvgIpc) is 2.68. The minimum Gasteiger partial charge on any atom is -0.354 e. The molecule has 84 valence electrons. The molecule has 1 amide bonds. The standard InChI is InChI=1S/C10H18N4O/c1-3-11-8(2)7-12-10(15)6-9-4-5-13-14-9/h4-5,8,11H,3,6-7H2,1-2H3,(H,12,15)(H,13,14)/t8-/m1/s1. The van der Waals surface area contributed by atoms with Gasteiger partial charge in [-0.2, -0.15) is 5.10 Å². The summed E-state index contributed by atoms with van der Waals surface area (Å²) in [7, 11) is 0. The van der Waals surface area contributed by atoms with E-state index in [1.807, 2.05) is 13.8 Å². The van der Waals surface area contributed by atoms with Crippen molar-refractivity contribution >= 4 is 5.91 Å². The summed E-state index contributed by atoms with van der Waals surface area (Å²) in [5, 5.41) is 12.6. The first-order valence-corrected chi connectivity index (χ1v) is 5.20. The van der Waals surface area contributed by atoms with Gasteiger partial charge < -0.3 is 10.6 Å². The lowest BCUT2D eigenvalue weighted by Crippen LogP contribution is -2.39. The summed E-state index contributed by atoms with van der Waals surface area (Å²) in [5.41, 5.74) is 0.837. The molecule has 0 aromatic carbocycles. The van der Waals surface area contributed by atoms with Crippen molar-refractivity contribution in [3.63, 3.8) is 0 Å². The molecule has 1 aromatic rings. The van der Waals surface area contributed by atoms with E-state index in [0.29, 0.717) is 19.0 Å². The third kappa shape index (κ3) is 4.60. The molecule has 0 fully saturated rings. The van der Waals surface area contributed by atoms with Gasteiger partial charge in [-0.3, -0.25) is 9.89 Å². The van der Waals surface area contributed by atoms with Crippen molar-refractivity contribution in [2.24, 2.45) is 0 Å². The number of hydrogen-bond donors (Lipinski definition) is 3. The Morgan fingerprint density at radius 2 is 2.47 bits per heavy atom. The number of H-pyrrole nitrogens is 1. The number of aromatic amines is 1. The lowest BCUT2D eigenvalue weighted by Gasteiger charge is -2.12.